The number of aryl methyl sites for hydroxylation is 1. The molecule has 4 rings (SSSR count). The molecular weight excluding hydrogens is 464 g/mol. The van der Waals surface area contributed by atoms with Crippen molar-refractivity contribution in [1.29, 1.82) is 0 Å². The van der Waals surface area contributed by atoms with Crippen molar-refractivity contribution in [2.75, 3.05) is 5.32 Å². The molecule has 4 aromatic rings. The highest BCUT2D eigenvalue weighted by Gasteiger charge is 2.11. The molecule has 30 heavy (non-hydrogen) atoms. The number of hydrogen-bond acceptors (Lipinski definition) is 5. The van der Waals surface area contributed by atoms with Gasteiger partial charge in [0.25, 0.3) is 5.91 Å². The summed E-state index contributed by atoms with van der Waals surface area (Å²) in [5, 5.41) is 5.85. The number of nitrogens with one attached hydrogen (secondary N) is 2. The maximum atomic E-state index is 12.3. The van der Waals surface area contributed by atoms with Crippen molar-refractivity contribution in [3.63, 3.8) is 0 Å². The van der Waals surface area contributed by atoms with Crippen LogP contribution in [0.25, 0.3) is 22.6 Å². The zero-order valence-corrected chi connectivity index (χ0v) is 18.4. The Kier molecular flexibility index (Phi) is 5.87. The Hall–Kier alpha value is -3.10. The molecule has 0 unspecified atom stereocenters. The number of benzene rings is 2. The largest absolute Gasteiger partial charge is 0.436 e. The predicted octanol–water partition coefficient (Wildman–Crippen LogP) is 5.34. The van der Waals surface area contributed by atoms with Gasteiger partial charge in [-0.1, -0.05) is 19.1 Å². The zero-order valence-electron chi connectivity index (χ0n) is 16.0. The second kappa shape index (κ2) is 8.73. The highest BCUT2D eigenvalue weighted by molar-refractivity contribution is 9.10. The summed E-state index contributed by atoms with van der Waals surface area (Å²) >= 11 is 8.57. The molecule has 6 nitrogen and oxygen atoms in total. The number of carbonyl (C=O) groups excluding carboxylic acids is 1. The second-order valence-corrected chi connectivity index (χ2v) is 7.88. The molecule has 150 valence electrons. The Bertz CT molecular complexity index is 1250. The van der Waals surface area contributed by atoms with Gasteiger partial charge in [-0.3, -0.25) is 15.1 Å². The number of rotatable bonds is 4. The summed E-state index contributed by atoms with van der Waals surface area (Å²) in [5.41, 5.74) is 4.69. The molecule has 2 heterocycles. The number of carbonyl (C=O) groups is 1. The Morgan fingerprint density at radius 1 is 1.17 bits per heavy atom. The van der Waals surface area contributed by atoms with E-state index in [1.807, 2.05) is 42.5 Å². The van der Waals surface area contributed by atoms with Crippen LogP contribution in [0.15, 0.2) is 69.8 Å². The summed E-state index contributed by atoms with van der Waals surface area (Å²) in [7, 11) is 0. The molecule has 0 aliphatic heterocycles. The molecule has 1 amide bonds. The summed E-state index contributed by atoms with van der Waals surface area (Å²) in [6.45, 7) is 2.10. The fraction of sp³-hybridized carbons (Fsp3) is 0.0909. The summed E-state index contributed by atoms with van der Waals surface area (Å²) < 4.78 is 6.61. The third kappa shape index (κ3) is 4.55. The van der Waals surface area contributed by atoms with Crippen LogP contribution in [0.5, 0.6) is 0 Å². The van der Waals surface area contributed by atoms with E-state index in [0.29, 0.717) is 21.6 Å². The molecule has 2 N–H and O–H groups in total. The quantitative estimate of drug-likeness (QED) is 0.383. The van der Waals surface area contributed by atoms with Gasteiger partial charge in [0.2, 0.25) is 5.89 Å². The van der Waals surface area contributed by atoms with Crippen LogP contribution in [0.1, 0.15) is 22.8 Å². The number of pyridine rings is 1. The Morgan fingerprint density at radius 3 is 2.83 bits per heavy atom. The molecular formula is C22H17BrN4O2S. The van der Waals surface area contributed by atoms with E-state index in [0.717, 1.165) is 23.1 Å². The lowest BCUT2D eigenvalue weighted by molar-refractivity contribution is 0.0977. The fourth-order valence-corrected chi connectivity index (χ4v) is 3.50. The van der Waals surface area contributed by atoms with Crippen molar-refractivity contribution in [2.24, 2.45) is 0 Å². The Morgan fingerprint density at radius 2 is 2.03 bits per heavy atom. The number of amides is 1. The Labute approximate surface area is 186 Å². The van der Waals surface area contributed by atoms with E-state index in [9.17, 15) is 4.79 Å². The van der Waals surface area contributed by atoms with Gasteiger partial charge in [0, 0.05) is 28.1 Å². The van der Waals surface area contributed by atoms with E-state index < -0.39 is 0 Å². The second-order valence-electron chi connectivity index (χ2n) is 6.56. The number of aromatic nitrogens is 2. The van der Waals surface area contributed by atoms with E-state index in [1.54, 1.807) is 12.3 Å². The van der Waals surface area contributed by atoms with Crippen LogP contribution in [0.3, 0.4) is 0 Å². The van der Waals surface area contributed by atoms with Crippen molar-refractivity contribution < 1.29 is 9.21 Å². The van der Waals surface area contributed by atoms with Crippen LogP contribution in [0, 0.1) is 0 Å². The van der Waals surface area contributed by atoms with Gasteiger partial charge >= 0.3 is 0 Å². The summed E-state index contributed by atoms with van der Waals surface area (Å²) in [6, 6.07) is 15.2. The molecule has 0 saturated heterocycles. The third-order valence-corrected chi connectivity index (χ3v) is 5.06. The van der Waals surface area contributed by atoms with E-state index >= 15 is 0 Å². The van der Waals surface area contributed by atoms with E-state index in [1.165, 1.54) is 11.8 Å². The normalized spacial score (nSPS) is 10.7. The van der Waals surface area contributed by atoms with Gasteiger partial charge < -0.3 is 9.73 Å². The molecule has 0 fully saturated rings. The SMILES string of the molecule is CCc1ccc2oc(-c3cccc(NC(=S)NC(=O)c4cncc(Br)c4)c3)nc2c1. The average Bonchev–Trinajstić information content (AvgIpc) is 3.17. The molecule has 0 aliphatic rings. The Balaban J connectivity index is 1.49. The lowest BCUT2D eigenvalue weighted by Gasteiger charge is -2.10. The molecule has 0 saturated carbocycles. The number of nitrogens with zero attached hydrogens (tertiary/aromatic N) is 2. The summed E-state index contributed by atoms with van der Waals surface area (Å²) in [5.74, 6) is 0.181. The van der Waals surface area contributed by atoms with Gasteiger partial charge in [0.1, 0.15) is 5.52 Å². The van der Waals surface area contributed by atoms with Gasteiger partial charge in [0.15, 0.2) is 10.7 Å². The topological polar surface area (TPSA) is 80.0 Å². The van der Waals surface area contributed by atoms with E-state index in [4.69, 9.17) is 16.6 Å². The van der Waals surface area contributed by atoms with Crippen LogP contribution >= 0.6 is 28.1 Å². The zero-order chi connectivity index (χ0) is 21.1. The molecule has 0 spiro atoms. The first-order chi connectivity index (χ1) is 14.5. The maximum absolute atomic E-state index is 12.3. The van der Waals surface area contributed by atoms with E-state index in [2.05, 4.69) is 43.5 Å². The van der Waals surface area contributed by atoms with Crippen LogP contribution in [0.2, 0.25) is 0 Å². The van der Waals surface area contributed by atoms with Crippen LogP contribution in [-0.2, 0) is 6.42 Å². The van der Waals surface area contributed by atoms with Gasteiger partial charge in [-0.15, -0.1) is 0 Å². The monoisotopic (exact) mass is 480 g/mol. The van der Waals surface area contributed by atoms with Crippen molar-refractivity contribution >= 4 is 56.0 Å². The fourth-order valence-electron chi connectivity index (χ4n) is 2.92. The predicted molar refractivity (Wildman–Crippen MR) is 124 cm³/mol. The standard InChI is InChI=1S/C22H17BrN4O2S/c1-2-13-6-7-19-18(8-13)26-21(29-19)14-4-3-5-17(10-14)25-22(30)27-20(28)15-9-16(23)12-24-11-15/h3-12H,2H2,1H3,(H2,25,27,28,30). The van der Waals surface area contributed by atoms with Crippen LogP contribution < -0.4 is 10.6 Å². The average molecular weight is 481 g/mol. The highest BCUT2D eigenvalue weighted by atomic mass is 79.9. The first-order valence-electron chi connectivity index (χ1n) is 9.24. The van der Waals surface area contributed by atoms with Gasteiger partial charge in [-0.25, -0.2) is 4.98 Å². The number of anilines is 1. The van der Waals surface area contributed by atoms with Crippen LogP contribution in [-0.4, -0.2) is 21.0 Å². The number of hydrogen-bond donors (Lipinski definition) is 2. The smallest absolute Gasteiger partial charge is 0.259 e. The minimum Gasteiger partial charge on any atom is -0.436 e. The molecule has 2 aromatic heterocycles. The summed E-state index contributed by atoms with van der Waals surface area (Å²) in [6.07, 6.45) is 4.02. The first kappa shape index (κ1) is 20.2. The minimum absolute atomic E-state index is 0.183. The molecule has 8 heteroatoms. The maximum Gasteiger partial charge on any atom is 0.259 e. The number of halogens is 1. The van der Waals surface area contributed by atoms with Crippen molar-refractivity contribution in [1.82, 2.24) is 15.3 Å². The van der Waals surface area contributed by atoms with Crippen molar-refractivity contribution in [2.45, 2.75) is 13.3 Å². The van der Waals surface area contributed by atoms with Gasteiger partial charge in [0.05, 0.1) is 5.56 Å². The van der Waals surface area contributed by atoms with Crippen molar-refractivity contribution in [3.05, 3.63) is 76.5 Å². The number of thiocarbonyl (C=S) groups is 1. The number of fused-ring (bicyclic) bond motifs is 1. The highest BCUT2D eigenvalue weighted by Crippen LogP contribution is 2.27. The lowest BCUT2D eigenvalue weighted by Crippen LogP contribution is -2.34. The molecule has 0 radical (unpaired) electrons. The van der Waals surface area contributed by atoms with Gasteiger partial charge in [-0.05, 0) is 76.5 Å². The molecule has 2 aromatic carbocycles. The number of oxazole rings is 1. The third-order valence-electron chi connectivity index (χ3n) is 4.42. The molecule has 0 bridgehead atoms. The lowest BCUT2D eigenvalue weighted by atomic mass is 10.1. The molecule has 0 aliphatic carbocycles. The van der Waals surface area contributed by atoms with E-state index in [-0.39, 0.29) is 11.0 Å². The molecule has 0 atom stereocenters. The van der Waals surface area contributed by atoms with Gasteiger partial charge in [-0.2, -0.15) is 0 Å². The first-order valence-corrected chi connectivity index (χ1v) is 10.4. The van der Waals surface area contributed by atoms with Crippen molar-refractivity contribution in [3.8, 4) is 11.5 Å². The van der Waals surface area contributed by atoms with Crippen LogP contribution in [0.4, 0.5) is 5.69 Å². The summed E-state index contributed by atoms with van der Waals surface area (Å²) in [4.78, 5) is 20.9. The minimum atomic E-state index is -0.344.